The Morgan fingerprint density at radius 3 is 2.40 bits per heavy atom. The van der Waals surface area contributed by atoms with E-state index in [1.165, 1.54) is 0 Å². The van der Waals surface area contributed by atoms with Gasteiger partial charge in [0.25, 0.3) is 0 Å². The summed E-state index contributed by atoms with van der Waals surface area (Å²) in [5.74, 6) is -0.634. The van der Waals surface area contributed by atoms with Crippen LogP contribution in [0.4, 0.5) is 0 Å². The molecule has 4 saturated heterocycles. The molecule has 0 bridgehead atoms. The first-order valence-electron chi connectivity index (χ1n) is 12.9. The van der Waals surface area contributed by atoms with Crippen LogP contribution in [0.1, 0.15) is 53.5 Å². The molecule has 4 heterocycles. The summed E-state index contributed by atoms with van der Waals surface area (Å²) >= 11 is 0. The Hall–Kier alpha value is -1.10. The Morgan fingerprint density at radius 2 is 1.69 bits per heavy atom. The number of ether oxygens (including phenoxy) is 8. The Bertz CT molecular complexity index is 845. The first kappa shape index (κ1) is 25.5. The first-order valence-corrected chi connectivity index (χ1v) is 12.9. The van der Waals surface area contributed by atoms with Crippen LogP contribution >= 0.6 is 0 Å². The van der Waals surface area contributed by atoms with Crippen LogP contribution < -0.4 is 0 Å². The van der Waals surface area contributed by atoms with Crippen LogP contribution in [-0.2, 0) is 44.5 Å². The van der Waals surface area contributed by atoms with Crippen molar-refractivity contribution in [2.45, 2.75) is 109 Å². The van der Waals surface area contributed by atoms with E-state index in [0.29, 0.717) is 31.7 Å². The topological polar surface area (TPSA) is 73.8 Å². The summed E-state index contributed by atoms with van der Waals surface area (Å²) < 4.78 is 49.5. The van der Waals surface area contributed by atoms with E-state index in [2.05, 4.69) is 26.0 Å². The highest BCUT2D eigenvalue weighted by Gasteiger charge is 2.59. The van der Waals surface area contributed by atoms with Crippen molar-refractivity contribution < 1.29 is 37.9 Å². The molecule has 0 saturated carbocycles. The van der Waals surface area contributed by atoms with Gasteiger partial charge in [-0.25, -0.2) is 0 Å². The minimum Gasteiger partial charge on any atom is -0.374 e. The van der Waals surface area contributed by atoms with Crippen molar-refractivity contribution in [3.63, 3.8) is 0 Å². The molecule has 196 valence electrons. The number of fused-ring (bicyclic) bond motifs is 1. The van der Waals surface area contributed by atoms with Crippen LogP contribution in [0.25, 0.3) is 0 Å². The van der Waals surface area contributed by atoms with E-state index in [1.807, 2.05) is 45.9 Å². The largest absolute Gasteiger partial charge is 0.374 e. The fourth-order valence-electron chi connectivity index (χ4n) is 5.42. The average molecular weight is 493 g/mol. The molecule has 8 heteroatoms. The van der Waals surface area contributed by atoms with Crippen LogP contribution in [0.3, 0.4) is 0 Å². The van der Waals surface area contributed by atoms with Gasteiger partial charge in [-0.05, 0) is 45.1 Å². The van der Waals surface area contributed by atoms with Crippen molar-refractivity contribution in [1.29, 1.82) is 0 Å². The highest BCUT2D eigenvalue weighted by molar-refractivity contribution is 5.13. The normalized spacial score (nSPS) is 42.3. The number of hydrogen-bond donors (Lipinski definition) is 0. The number of rotatable bonds is 7. The molecule has 0 N–H and O–H groups in total. The maximum Gasteiger partial charge on any atom is 0.190 e. The van der Waals surface area contributed by atoms with Gasteiger partial charge >= 0.3 is 0 Å². The van der Waals surface area contributed by atoms with Gasteiger partial charge in [-0.3, -0.25) is 0 Å². The lowest BCUT2D eigenvalue weighted by Crippen LogP contribution is -2.49. The highest BCUT2D eigenvalue weighted by Crippen LogP contribution is 2.43. The van der Waals surface area contributed by atoms with Crippen molar-refractivity contribution in [2.75, 3.05) is 13.2 Å². The molecule has 1 aromatic carbocycles. The van der Waals surface area contributed by atoms with E-state index in [0.717, 1.165) is 12.0 Å². The van der Waals surface area contributed by atoms with E-state index in [-0.39, 0.29) is 24.4 Å². The molecule has 9 atom stereocenters. The lowest BCUT2D eigenvalue weighted by Gasteiger charge is -2.40. The van der Waals surface area contributed by atoms with Crippen molar-refractivity contribution in [3.05, 3.63) is 35.9 Å². The van der Waals surface area contributed by atoms with Crippen molar-refractivity contribution in [2.24, 2.45) is 11.8 Å². The molecule has 0 radical (unpaired) electrons. The zero-order chi connectivity index (χ0) is 24.8. The van der Waals surface area contributed by atoms with Gasteiger partial charge in [-0.2, -0.15) is 0 Å². The molecule has 4 fully saturated rings. The van der Waals surface area contributed by atoms with Crippen molar-refractivity contribution >= 4 is 0 Å². The van der Waals surface area contributed by atoms with E-state index in [9.17, 15) is 0 Å². The summed E-state index contributed by atoms with van der Waals surface area (Å²) in [7, 11) is 0. The average Bonchev–Trinajstić information content (AvgIpc) is 3.41. The molecule has 0 aromatic heterocycles. The molecule has 4 aliphatic rings. The van der Waals surface area contributed by atoms with E-state index in [1.54, 1.807) is 0 Å². The number of benzene rings is 1. The zero-order valence-electron chi connectivity index (χ0n) is 21.7. The Labute approximate surface area is 208 Å². The van der Waals surface area contributed by atoms with Gasteiger partial charge in [-0.1, -0.05) is 44.2 Å². The monoisotopic (exact) mass is 492 g/mol. The molecule has 2 unspecified atom stereocenters. The molecule has 35 heavy (non-hydrogen) atoms. The predicted molar refractivity (Wildman–Crippen MR) is 126 cm³/mol. The van der Waals surface area contributed by atoms with Gasteiger partial charge in [0.2, 0.25) is 0 Å². The summed E-state index contributed by atoms with van der Waals surface area (Å²) in [6.07, 6.45) is -1.62. The van der Waals surface area contributed by atoms with Gasteiger partial charge < -0.3 is 37.9 Å². The van der Waals surface area contributed by atoms with Crippen LogP contribution in [0.5, 0.6) is 0 Å². The van der Waals surface area contributed by atoms with Crippen LogP contribution in [0, 0.1) is 11.8 Å². The summed E-state index contributed by atoms with van der Waals surface area (Å²) in [6.45, 7) is 13.5. The SMILES string of the molecule is CC1C[C@H](O[C@@H]2[C@H]3OC(C)(C)O[C@H]3O[C@@H]2[C@H]2COC(C)(C)O2)OC(COCc2ccccc2)[C@H]1C. The molecule has 0 aliphatic carbocycles. The third kappa shape index (κ3) is 5.75. The third-order valence-corrected chi connectivity index (χ3v) is 7.50. The van der Waals surface area contributed by atoms with Crippen molar-refractivity contribution in [1.82, 2.24) is 0 Å². The minimum absolute atomic E-state index is 0.0637. The lowest BCUT2D eigenvalue weighted by molar-refractivity contribution is -0.281. The Balaban J connectivity index is 1.25. The Kier molecular flexibility index (Phi) is 7.29. The second-order valence-corrected chi connectivity index (χ2v) is 11.2. The quantitative estimate of drug-likeness (QED) is 0.566. The van der Waals surface area contributed by atoms with E-state index >= 15 is 0 Å². The minimum atomic E-state index is -0.739. The fraction of sp³-hybridized carbons (Fsp3) is 0.778. The summed E-state index contributed by atoms with van der Waals surface area (Å²) in [4.78, 5) is 0. The maximum atomic E-state index is 6.62. The molecule has 1 aromatic rings. The Morgan fingerprint density at radius 1 is 0.914 bits per heavy atom. The molecule has 0 spiro atoms. The van der Waals surface area contributed by atoms with E-state index < -0.39 is 30.3 Å². The molecular formula is C27H40O8. The van der Waals surface area contributed by atoms with Crippen LogP contribution in [0.2, 0.25) is 0 Å². The summed E-state index contributed by atoms with van der Waals surface area (Å²) in [6, 6.07) is 10.2. The van der Waals surface area contributed by atoms with Gasteiger partial charge in [0.15, 0.2) is 24.2 Å². The first-order chi connectivity index (χ1) is 16.6. The molecule has 0 amide bonds. The summed E-state index contributed by atoms with van der Waals surface area (Å²) in [5, 5.41) is 0. The standard InChI is InChI=1S/C27H40O8/c1-16-12-21(30-19(17(16)2)14-28-13-18-10-8-7-9-11-18)31-23-22(20-15-29-26(3,4)33-20)32-25-24(23)34-27(5,6)35-25/h7-11,16-17,19-25H,12-15H2,1-6H3/t16?,17-,19?,20+,21-,22+,23-,24+,25+/m0/s1. The van der Waals surface area contributed by atoms with Gasteiger partial charge in [0.05, 0.1) is 25.9 Å². The molecular weight excluding hydrogens is 452 g/mol. The van der Waals surface area contributed by atoms with Gasteiger partial charge in [0.1, 0.15) is 24.4 Å². The van der Waals surface area contributed by atoms with Gasteiger partial charge in [0, 0.05) is 6.42 Å². The maximum absolute atomic E-state index is 6.62. The zero-order valence-corrected chi connectivity index (χ0v) is 21.7. The second kappa shape index (κ2) is 9.99. The predicted octanol–water partition coefficient (Wildman–Crippen LogP) is 4.00. The third-order valence-electron chi connectivity index (χ3n) is 7.50. The van der Waals surface area contributed by atoms with Crippen LogP contribution in [0.15, 0.2) is 30.3 Å². The van der Waals surface area contributed by atoms with Gasteiger partial charge in [-0.15, -0.1) is 0 Å². The molecule has 5 rings (SSSR count). The smallest absolute Gasteiger partial charge is 0.190 e. The van der Waals surface area contributed by atoms with Crippen LogP contribution in [-0.4, -0.2) is 67.9 Å². The van der Waals surface area contributed by atoms with E-state index in [4.69, 9.17) is 37.9 Å². The second-order valence-electron chi connectivity index (χ2n) is 11.2. The molecule has 8 nitrogen and oxygen atoms in total. The molecule has 4 aliphatic heterocycles. The fourth-order valence-corrected chi connectivity index (χ4v) is 5.42. The highest BCUT2D eigenvalue weighted by atomic mass is 16.9. The number of hydrogen-bond acceptors (Lipinski definition) is 8. The lowest BCUT2D eigenvalue weighted by atomic mass is 9.85. The van der Waals surface area contributed by atoms with Crippen molar-refractivity contribution in [3.8, 4) is 0 Å². The summed E-state index contributed by atoms with van der Waals surface area (Å²) in [5.41, 5.74) is 1.15.